The number of aliphatic hydroxyl groups excluding tert-OH is 1. The van der Waals surface area contributed by atoms with Crippen LogP contribution in [-0.4, -0.2) is 53.6 Å². The lowest BCUT2D eigenvalue weighted by atomic mass is 9.92. The van der Waals surface area contributed by atoms with Crippen molar-refractivity contribution >= 4 is 15.9 Å². The predicted molar refractivity (Wildman–Crippen MR) is 77.0 cm³/mol. The Balaban J connectivity index is 2.10. The molecule has 0 spiro atoms. The minimum Gasteiger partial charge on any atom is -0.386 e. The summed E-state index contributed by atoms with van der Waals surface area (Å²) in [4.78, 5) is 2.11. The number of aliphatic hydroxyl groups is 1. The SMILES string of the molecule is CN(C)CCn1ncc(Br)c1C(O)C1CCOCC1. The molecule has 0 saturated carbocycles. The number of nitrogens with zero attached hydrogens (tertiary/aromatic N) is 3. The summed E-state index contributed by atoms with van der Waals surface area (Å²) in [6, 6.07) is 0. The first-order valence-corrected chi connectivity index (χ1v) is 7.50. The van der Waals surface area contributed by atoms with Crippen LogP contribution < -0.4 is 0 Å². The molecule has 6 heteroatoms. The van der Waals surface area contributed by atoms with Crippen LogP contribution in [-0.2, 0) is 11.3 Å². The molecular formula is C13H22BrN3O2. The fraction of sp³-hybridized carbons (Fsp3) is 0.769. The molecule has 1 aliphatic heterocycles. The van der Waals surface area contributed by atoms with Gasteiger partial charge in [-0.05, 0) is 48.8 Å². The normalized spacial score (nSPS) is 19.0. The lowest BCUT2D eigenvalue weighted by Gasteiger charge is -2.27. The molecule has 1 fully saturated rings. The molecule has 1 saturated heterocycles. The molecule has 108 valence electrons. The van der Waals surface area contributed by atoms with Crippen LogP contribution in [0, 0.1) is 5.92 Å². The third-order valence-electron chi connectivity index (χ3n) is 3.58. The molecule has 0 amide bonds. The summed E-state index contributed by atoms with van der Waals surface area (Å²) in [5.74, 6) is 0.264. The lowest BCUT2D eigenvalue weighted by Crippen LogP contribution is -2.26. The first kappa shape index (κ1) is 15.0. The summed E-state index contributed by atoms with van der Waals surface area (Å²) in [6.45, 7) is 3.17. The Hall–Kier alpha value is -0.430. The van der Waals surface area contributed by atoms with Crippen molar-refractivity contribution in [3.63, 3.8) is 0 Å². The van der Waals surface area contributed by atoms with Crippen molar-refractivity contribution in [2.75, 3.05) is 33.9 Å². The molecule has 1 aromatic rings. The second-order valence-electron chi connectivity index (χ2n) is 5.30. The number of hydrogen-bond acceptors (Lipinski definition) is 4. The molecule has 2 rings (SSSR count). The fourth-order valence-corrected chi connectivity index (χ4v) is 2.92. The van der Waals surface area contributed by atoms with Crippen molar-refractivity contribution < 1.29 is 9.84 Å². The molecule has 2 heterocycles. The number of hydrogen-bond donors (Lipinski definition) is 1. The van der Waals surface area contributed by atoms with Gasteiger partial charge in [0.05, 0.1) is 29.0 Å². The first-order chi connectivity index (χ1) is 9.09. The zero-order valence-electron chi connectivity index (χ0n) is 11.5. The van der Waals surface area contributed by atoms with Crippen LogP contribution in [0.5, 0.6) is 0 Å². The molecule has 0 aliphatic carbocycles. The fourth-order valence-electron chi connectivity index (χ4n) is 2.39. The third-order valence-corrected chi connectivity index (χ3v) is 4.20. The van der Waals surface area contributed by atoms with E-state index < -0.39 is 6.10 Å². The topological polar surface area (TPSA) is 50.5 Å². The van der Waals surface area contributed by atoms with Gasteiger partial charge in [-0.25, -0.2) is 0 Å². The maximum Gasteiger partial charge on any atom is 0.0997 e. The molecule has 1 N–H and O–H groups in total. The maximum atomic E-state index is 10.6. The number of likely N-dealkylation sites (N-methyl/N-ethyl adjacent to an activating group) is 1. The Morgan fingerprint density at radius 1 is 1.53 bits per heavy atom. The zero-order chi connectivity index (χ0) is 13.8. The van der Waals surface area contributed by atoms with E-state index in [0.717, 1.165) is 49.3 Å². The van der Waals surface area contributed by atoms with Crippen LogP contribution >= 0.6 is 15.9 Å². The number of aromatic nitrogens is 2. The van der Waals surface area contributed by atoms with Crippen LogP contribution in [0.4, 0.5) is 0 Å². The van der Waals surface area contributed by atoms with Gasteiger partial charge in [0.15, 0.2) is 0 Å². The number of halogens is 1. The molecule has 1 atom stereocenters. The zero-order valence-corrected chi connectivity index (χ0v) is 13.1. The molecule has 5 nitrogen and oxygen atoms in total. The van der Waals surface area contributed by atoms with Crippen molar-refractivity contribution in [3.05, 3.63) is 16.4 Å². The van der Waals surface area contributed by atoms with Gasteiger partial charge in [0.25, 0.3) is 0 Å². The molecule has 1 aliphatic rings. The van der Waals surface area contributed by atoms with Gasteiger partial charge in [-0.2, -0.15) is 5.10 Å². The smallest absolute Gasteiger partial charge is 0.0997 e. The van der Waals surface area contributed by atoms with E-state index in [1.807, 2.05) is 18.8 Å². The Morgan fingerprint density at radius 3 is 2.84 bits per heavy atom. The molecule has 19 heavy (non-hydrogen) atoms. The van der Waals surface area contributed by atoms with Crippen LogP contribution in [0.2, 0.25) is 0 Å². The second-order valence-corrected chi connectivity index (χ2v) is 6.15. The predicted octanol–water partition coefficient (Wildman–Crippen LogP) is 1.67. The van der Waals surface area contributed by atoms with Gasteiger partial charge in [-0.3, -0.25) is 4.68 Å². The van der Waals surface area contributed by atoms with Gasteiger partial charge in [-0.1, -0.05) is 0 Å². The molecule has 0 bridgehead atoms. The summed E-state index contributed by atoms with van der Waals surface area (Å²) in [5, 5.41) is 15.0. The van der Waals surface area contributed by atoms with Gasteiger partial charge in [-0.15, -0.1) is 0 Å². The van der Waals surface area contributed by atoms with Crippen molar-refractivity contribution in [3.8, 4) is 0 Å². The Bertz CT molecular complexity index is 403. The van der Waals surface area contributed by atoms with E-state index in [1.165, 1.54) is 0 Å². The molecule has 0 radical (unpaired) electrons. The second kappa shape index (κ2) is 6.83. The molecule has 1 aromatic heterocycles. The number of ether oxygens (including phenoxy) is 1. The van der Waals surface area contributed by atoms with Crippen LogP contribution in [0.3, 0.4) is 0 Å². The molecular weight excluding hydrogens is 310 g/mol. The van der Waals surface area contributed by atoms with Gasteiger partial charge in [0.2, 0.25) is 0 Å². The minimum absolute atomic E-state index is 0.264. The highest BCUT2D eigenvalue weighted by molar-refractivity contribution is 9.10. The highest BCUT2D eigenvalue weighted by Gasteiger charge is 2.28. The minimum atomic E-state index is -0.470. The van der Waals surface area contributed by atoms with E-state index >= 15 is 0 Å². The summed E-state index contributed by atoms with van der Waals surface area (Å²) in [5.41, 5.74) is 0.897. The van der Waals surface area contributed by atoms with Gasteiger partial charge >= 0.3 is 0 Å². The first-order valence-electron chi connectivity index (χ1n) is 6.71. The van der Waals surface area contributed by atoms with Crippen molar-refractivity contribution in [2.24, 2.45) is 5.92 Å². The summed E-state index contributed by atoms with van der Waals surface area (Å²) >= 11 is 3.50. The Labute approximate surface area is 122 Å². The molecule has 0 aromatic carbocycles. The quantitative estimate of drug-likeness (QED) is 0.891. The van der Waals surface area contributed by atoms with E-state index in [9.17, 15) is 5.11 Å². The average Bonchev–Trinajstić information content (AvgIpc) is 2.78. The average molecular weight is 332 g/mol. The third kappa shape index (κ3) is 3.78. The van der Waals surface area contributed by atoms with Crippen molar-refractivity contribution in [2.45, 2.75) is 25.5 Å². The van der Waals surface area contributed by atoms with Crippen LogP contribution in [0.1, 0.15) is 24.6 Å². The van der Waals surface area contributed by atoms with Crippen LogP contribution in [0.25, 0.3) is 0 Å². The van der Waals surface area contributed by atoms with E-state index in [4.69, 9.17) is 4.74 Å². The monoisotopic (exact) mass is 331 g/mol. The molecule has 1 unspecified atom stereocenters. The van der Waals surface area contributed by atoms with E-state index in [2.05, 4.69) is 25.9 Å². The summed E-state index contributed by atoms with van der Waals surface area (Å²) in [7, 11) is 4.07. The van der Waals surface area contributed by atoms with E-state index in [-0.39, 0.29) is 5.92 Å². The summed E-state index contributed by atoms with van der Waals surface area (Å²) in [6.07, 6.45) is 3.12. The van der Waals surface area contributed by atoms with Crippen molar-refractivity contribution in [1.29, 1.82) is 0 Å². The van der Waals surface area contributed by atoms with E-state index in [1.54, 1.807) is 6.20 Å². The number of rotatable bonds is 5. The highest BCUT2D eigenvalue weighted by Crippen LogP contribution is 2.33. The Kier molecular flexibility index (Phi) is 5.38. The highest BCUT2D eigenvalue weighted by atomic mass is 79.9. The standard InChI is InChI=1S/C13H22BrN3O2/c1-16(2)5-6-17-12(11(14)9-15-17)13(18)10-3-7-19-8-4-10/h9-10,13,18H,3-8H2,1-2H3. The van der Waals surface area contributed by atoms with E-state index in [0.29, 0.717) is 0 Å². The maximum absolute atomic E-state index is 10.6. The van der Waals surface area contributed by atoms with Gasteiger partial charge in [0.1, 0.15) is 0 Å². The van der Waals surface area contributed by atoms with Crippen LogP contribution in [0.15, 0.2) is 10.7 Å². The van der Waals surface area contributed by atoms with Crippen molar-refractivity contribution in [1.82, 2.24) is 14.7 Å². The van der Waals surface area contributed by atoms with Gasteiger partial charge in [0, 0.05) is 19.8 Å². The largest absolute Gasteiger partial charge is 0.386 e. The summed E-state index contributed by atoms with van der Waals surface area (Å²) < 4.78 is 8.16. The van der Waals surface area contributed by atoms with Gasteiger partial charge < -0.3 is 14.7 Å². The Morgan fingerprint density at radius 2 is 2.21 bits per heavy atom. The lowest BCUT2D eigenvalue weighted by molar-refractivity contribution is 0.00341.